The number of aromatic nitrogens is 1. The third kappa shape index (κ3) is 2.97. The molecule has 1 aromatic rings. The highest BCUT2D eigenvalue weighted by molar-refractivity contribution is 5.28. The van der Waals surface area contributed by atoms with Gasteiger partial charge < -0.3 is 9.84 Å². The standard InChI is InChI=1S/C14H21NO2/c1-14(2,3)12-7-10(9-16)8-13(15-12)17-11-5-4-6-11/h7-8,11,16H,4-6,9H2,1-3H3. The maximum absolute atomic E-state index is 9.27. The lowest BCUT2D eigenvalue weighted by Crippen LogP contribution is -2.25. The number of pyridine rings is 1. The minimum absolute atomic E-state index is 0.0249. The van der Waals surface area contributed by atoms with Crippen LogP contribution in [0.15, 0.2) is 12.1 Å². The van der Waals surface area contributed by atoms with Gasteiger partial charge >= 0.3 is 0 Å². The highest BCUT2D eigenvalue weighted by atomic mass is 16.5. The van der Waals surface area contributed by atoms with Crippen LogP contribution in [-0.4, -0.2) is 16.2 Å². The smallest absolute Gasteiger partial charge is 0.214 e. The van der Waals surface area contributed by atoms with Gasteiger partial charge in [0.2, 0.25) is 5.88 Å². The van der Waals surface area contributed by atoms with Crippen molar-refractivity contribution in [1.82, 2.24) is 4.98 Å². The molecule has 3 heteroatoms. The molecule has 17 heavy (non-hydrogen) atoms. The van der Waals surface area contributed by atoms with Crippen LogP contribution in [0.25, 0.3) is 0 Å². The normalized spacial score (nSPS) is 16.7. The maximum atomic E-state index is 9.27. The first-order valence-corrected chi connectivity index (χ1v) is 6.28. The van der Waals surface area contributed by atoms with Crippen LogP contribution in [0.4, 0.5) is 0 Å². The zero-order chi connectivity index (χ0) is 12.5. The molecule has 1 fully saturated rings. The Morgan fingerprint density at radius 2 is 2.06 bits per heavy atom. The van der Waals surface area contributed by atoms with Crippen LogP contribution in [0.2, 0.25) is 0 Å². The monoisotopic (exact) mass is 235 g/mol. The van der Waals surface area contributed by atoms with Gasteiger partial charge in [0.05, 0.1) is 12.3 Å². The molecule has 1 N–H and O–H groups in total. The van der Waals surface area contributed by atoms with Crippen molar-refractivity contribution in [3.8, 4) is 5.88 Å². The average molecular weight is 235 g/mol. The van der Waals surface area contributed by atoms with Crippen LogP contribution in [0.3, 0.4) is 0 Å². The number of hydrogen-bond acceptors (Lipinski definition) is 3. The summed E-state index contributed by atoms with van der Waals surface area (Å²) in [6, 6.07) is 3.79. The summed E-state index contributed by atoms with van der Waals surface area (Å²) in [5, 5.41) is 9.27. The van der Waals surface area contributed by atoms with Crippen molar-refractivity contribution in [2.45, 2.75) is 58.2 Å². The third-order valence-corrected chi connectivity index (χ3v) is 3.15. The summed E-state index contributed by atoms with van der Waals surface area (Å²) in [6.07, 6.45) is 3.81. The van der Waals surface area contributed by atoms with Crippen molar-refractivity contribution in [3.05, 3.63) is 23.4 Å². The van der Waals surface area contributed by atoms with E-state index in [1.807, 2.05) is 12.1 Å². The van der Waals surface area contributed by atoms with Gasteiger partial charge in [0.1, 0.15) is 6.10 Å². The average Bonchev–Trinajstić information content (AvgIpc) is 2.22. The summed E-state index contributed by atoms with van der Waals surface area (Å²) in [6.45, 7) is 6.38. The lowest BCUT2D eigenvalue weighted by atomic mass is 9.91. The molecule has 1 aromatic heterocycles. The molecule has 0 saturated heterocycles. The molecule has 0 spiro atoms. The number of nitrogens with zero attached hydrogens (tertiary/aromatic N) is 1. The van der Waals surface area contributed by atoms with Gasteiger partial charge in [-0.2, -0.15) is 0 Å². The van der Waals surface area contributed by atoms with Gasteiger partial charge in [-0.3, -0.25) is 0 Å². The number of aliphatic hydroxyl groups excluding tert-OH is 1. The Hall–Kier alpha value is -1.09. The van der Waals surface area contributed by atoms with Crippen LogP contribution in [-0.2, 0) is 12.0 Å². The van der Waals surface area contributed by atoms with Crippen LogP contribution in [0.5, 0.6) is 5.88 Å². The number of rotatable bonds is 3. The van der Waals surface area contributed by atoms with E-state index in [4.69, 9.17) is 4.74 Å². The zero-order valence-electron chi connectivity index (χ0n) is 10.9. The number of ether oxygens (including phenoxy) is 1. The van der Waals surface area contributed by atoms with Gasteiger partial charge in [0.25, 0.3) is 0 Å². The molecule has 3 nitrogen and oxygen atoms in total. The Balaban J connectivity index is 2.24. The van der Waals surface area contributed by atoms with Crippen molar-refractivity contribution < 1.29 is 9.84 Å². The first-order valence-electron chi connectivity index (χ1n) is 6.28. The third-order valence-electron chi connectivity index (χ3n) is 3.15. The molecule has 2 rings (SSSR count). The summed E-state index contributed by atoms with van der Waals surface area (Å²) in [5.74, 6) is 0.658. The molecule has 0 aliphatic heterocycles. The molecule has 1 aliphatic rings. The molecule has 0 aromatic carbocycles. The fourth-order valence-corrected chi connectivity index (χ4v) is 1.75. The quantitative estimate of drug-likeness (QED) is 0.876. The Bertz CT molecular complexity index is 392. The molecular weight excluding hydrogens is 214 g/mol. The minimum Gasteiger partial charge on any atom is -0.474 e. The van der Waals surface area contributed by atoms with E-state index in [0.29, 0.717) is 12.0 Å². The highest BCUT2D eigenvalue weighted by Gasteiger charge is 2.22. The van der Waals surface area contributed by atoms with Crippen LogP contribution in [0, 0.1) is 0 Å². The molecule has 1 aliphatic carbocycles. The molecule has 0 bridgehead atoms. The van der Waals surface area contributed by atoms with Crippen LogP contribution in [0.1, 0.15) is 51.3 Å². The predicted molar refractivity (Wildman–Crippen MR) is 67.1 cm³/mol. The molecule has 1 saturated carbocycles. The van der Waals surface area contributed by atoms with E-state index < -0.39 is 0 Å². The number of aliphatic hydroxyl groups is 1. The SMILES string of the molecule is CC(C)(C)c1cc(CO)cc(OC2CCC2)n1. The lowest BCUT2D eigenvalue weighted by Gasteiger charge is -2.27. The van der Waals surface area contributed by atoms with Gasteiger partial charge in [-0.1, -0.05) is 20.8 Å². The summed E-state index contributed by atoms with van der Waals surface area (Å²) in [4.78, 5) is 4.54. The second kappa shape index (κ2) is 4.65. The van der Waals surface area contributed by atoms with Gasteiger partial charge in [-0.15, -0.1) is 0 Å². The largest absolute Gasteiger partial charge is 0.474 e. The molecule has 0 amide bonds. The first-order chi connectivity index (χ1) is 7.99. The van der Waals surface area contributed by atoms with Crippen molar-refractivity contribution in [3.63, 3.8) is 0 Å². The summed E-state index contributed by atoms with van der Waals surface area (Å²) in [5.41, 5.74) is 1.82. The second-order valence-corrected chi connectivity index (χ2v) is 5.78. The molecule has 1 heterocycles. The van der Waals surface area contributed by atoms with E-state index in [2.05, 4.69) is 25.8 Å². The Morgan fingerprint density at radius 1 is 1.35 bits per heavy atom. The Labute approximate surface area is 103 Å². The molecule has 94 valence electrons. The summed E-state index contributed by atoms with van der Waals surface area (Å²) >= 11 is 0. The maximum Gasteiger partial charge on any atom is 0.214 e. The lowest BCUT2D eigenvalue weighted by molar-refractivity contribution is 0.113. The fraction of sp³-hybridized carbons (Fsp3) is 0.643. The summed E-state index contributed by atoms with van der Waals surface area (Å²) < 4.78 is 5.81. The topological polar surface area (TPSA) is 42.4 Å². The second-order valence-electron chi connectivity index (χ2n) is 5.78. The van der Waals surface area contributed by atoms with E-state index in [1.165, 1.54) is 6.42 Å². The van der Waals surface area contributed by atoms with Crippen LogP contribution >= 0.6 is 0 Å². The molecular formula is C14H21NO2. The van der Waals surface area contributed by atoms with Crippen molar-refractivity contribution in [2.24, 2.45) is 0 Å². The zero-order valence-corrected chi connectivity index (χ0v) is 10.9. The molecule has 0 atom stereocenters. The fourth-order valence-electron chi connectivity index (χ4n) is 1.75. The van der Waals surface area contributed by atoms with E-state index >= 15 is 0 Å². The van der Waals surface area contributed by atoms with Crippen molar-refractivity contribution in [1.29, 1.82) is 0 Å². The molecule has 0 radical (unpaired) electrons. The van der Waals surface area contributed by atoms with Crippen LogP contribution < -0.4 is 4.74 Å². The highest BCUT2D eigenvalue weighted by Crippen LogP contribution is 2.28. The van der Waals surface area contributed by atoms with Crippen molar-refractivity contribution >= 4 is 0 Å². The Kier molecular flexibility index (Phi) is 3.38. The van der Waals surface area contributed by atoms with Gasteiger partial charge in [0.15, 0.2) is 0 Å². The van der Waals surface area contributed by atoms with E-state index in [-0.39, 0.29) is 12.0 Å². The predicted octanol–water partition coefficient (Wildman–Crippen LogP) is 2.80. The molecule has 0 unspecified atom stereocenters. The Morgan fingerprint density at radius 3 is 2.53 bits per heavy atom. The van der Waals surface area contributed by atoms with Crippen molar-refractivity contribution in [2.75, 3.05) is 0 Å². The first kappa shape index (κ1) is 12.4. The van der Waals surface area contributed by atoms with E-state index in [9.17, 15) is 5.11 Å². The van der Waals surface area contributed by atoms with E-state index in [1.54, 1.807) is 0 Å². The van der Waals surface area contributed by atoms with Gasteiger partial charge in [-0.25, -0.2) is 4.98 Å². The number of hydrogen-bond donors (Lipinski definition) is 1. The van der Waals surface area contributed by atoms with Gasteiger partial charge in [-0.05, 0) is 30.9 Å². The van der Waals surface area contributed by atoms with Gasteiger partial charge in [0, 0.05) is 11.5 Å². The minimum atomic E-state index is -0.0249. The summed E-state index contributed by atoms with van der Waals surface area (Å²) in [7, 11) is 0. The van der Waals surface area contributed by atoms with E-state index in [0.717, 1.165) is 24.1 Å².